The summed E-state index contributed by atoms with van der Waals surface area (Å²) in [7, 11) is 1.82. The van der Waals surface area contributed by atoms with E-state index in [0.717, 1.165) is 38.6 Å². The predicted octanol–water partition coefficient (Wildman–Crippen LogP) is 2.41. The SMILES string of the molecule is CN=C(NCC(=O)N1CCc2ccccc2C1)N1CCC2(CCCC2)C1. The van der Waals surface area contributed by atoms with Crippen LogP contribution in [0.3, 0.4) is 0 Å². The first-order valence-electron chi connectivity index (χ1n) is 9.99. The van der Waals surface area contributed by atoms with Gasteiger partial charge in [0, 0.05) is 33.2 Å². The molecule has 0 aromatic heterocycles. The molecule has 2 fully saturated rings. The van der Waals surface area contributed by atoms with Crippen LogP contribution < -0.4 is 5.32 Å². The maximum atomic E-state index is 12.7. The molecular formula is C21H30N4O. The summed E-state index contributed by atoms with van der Waals surface area (Å²) in [5.74, 6) is 1.05. The molecule has 0 bridgehead atoms. The van der Waals surface area contributed by atoms with Crippen LogP contribution in [0.1, 0.15) is 43.2 Å². The van der Waals surface area contributed by atoms with Gasteiger partial charge in [-0.3, -0.25) is 9.79 Å². The number of likely N-dealkylation sites (tertiary alicyclic amines) is 1. The van der Waals surface area contributed by atoms with Gasteiger partial charge in [0.25, 0.3) is 0 Å². The number of hydrogen-bond acceptors (Lipinski definition) is 2. The molecule has 1 N–H and O–H groups in total. The van der Waals surface area contributed by atoms with Gasteiger partial charge in [-0.15, -0.1) is 0 Å². The van der Waals surface area contributed by atoms with Crippen molar-refractivity contribution in [3.8, 4) is 0 Å². The van der Waals surface area contributed by atoms with Crippen LogP contribution in [-0.4, -0.2) is 54.9 Å². The van der Waals surface area contributed by atoms with E-state index >= 15 is 0 Å². The van der Waals surface area contributed by atoms with E-state index in [9.17, 15) is 4.79 Å². The van der Waals surface area contributed by atoms with E-state index in [-0.39, 0.29) is 5.91 Å². The van der Waals surface area contributed by atoms with Crippen LogP contribution in [0.5, 0.6) is 0 Å². The number of nitrogens with zero attached hydrogens (tertiary/aromatic N) is 3. The molecule has 1 saturated heterocycles. The van der Waals surface area contributed by atoms with Crippen molar-refractivity contribution in [2.75, 3.05) is 33.2 Å². The Morgan fingerprint density at radius 3 is 2.65 bits per heavy atom. The second kappa shape index (κ2) is 7.29. The molecule has 5 nitrogen and oxygen atoms in total. The normalized spacial score (nSPS) is 22.0. The fraction of sp³-hybridized carbons (Fsp3) is 0.619. The van der Waals surface area contributed by atoms with Gasteiger partial charge in [-0.2, -0.15) is 0 Å². The smallest absolute Gasteiger partial charge is 0.242 e. The molecule has 2 heterocycles. The van der Waals surface area contributed by atoms with Gasteiger partial charge >= 0.3 is 0 Å². The Kier molecular flexibility index (Phi) is 4.88. The lowest BCUT2D eigenvalue weighted by Gasteiger charge is -2.30. The molecule has 1 aromatic rings. The molecule has 26 heavy (non-hydrogen) atoms. The first-order chi connectivity index (χ1) is 12.7. The average Bonchev–Trinajstić information content (AvgIpc) is 3.32. The molecule has 1 aromatic carbocycles. The summed E-state index contributed by atoms with van der Waals surface area (Å²) in [4.78, 5) is 21.4. The Bertz CT molecular complexity index is 693. The van der Waals surface area contributed by atoms with Crippen molar-refractivity contribution < 1.29 is 4.79 Å². The second-order valence-corrected chi connectivity index (χ2v) is 8.11. The van der Waals surface area contributed by atoms with Crippen LogP contribution in [0.2, 0.25) is 0 Å². The number of fused-ring (bicyclic) bond motifs is 1. The van der Waals surface area contributed by atoms with Crippen LogP contribution in [0, 0.1) is 5.41 Å². The second-order valence-electron chi connectivity index (χ2n) is 8.11. The highest BCUT2D eigenvalue weighted by Crippen LogP contribution is 2.45. The van der Waals surface area contributed by atoms with Gasteiger partial charge in [0.2, 0.25) is 5.91 Å². The van der Waals surface area contributed by atoms with Crippen molar-refractivity contribution in [2.24, 2.45) is 10.4 Å². The standard InChI is InChI=1S/C21H30N4O/c1-22-20(25-13-11-21(16-25)9-4-5-10-21)23-14-19(26)24-12-8-17-6-2-3-7-18(17)15-24/h2-3,6-7H,4-5,8-16H2,1H3,(H,22,23). The summed E-state index contributed by atoms with van der Waals surface area (Å²) in [6, 6.07) is 8.43. The van der Waals surface area contributed by atoms with Gasteiger partial charge in [-0.05, 0) is 42.2 Å². The Labute approximate surface area is 156 Å². The molecule has 1 spiro atoms. The fourth-order valence-electron chi connectivity index (χ4n) is 4.96. The van der Waals surface area contributed by atoms with Crippen molar-refractivity contribution in [1.29, 1.82) is 0 Å². The molecule has 140 valence electrons. The lowest BCUT2D eigenvalue weighted by Crippen LogP contribution is -2.47. The molecule has 1 saturated carbocycles. The summed E-state index contributed by atoms with van der Waals surface area (Å²) in [5, 5.41) is 3.32. The zero-order valence-electron chi connectivity index (χ0n) is 15.8. The molecule has 4 rings (SSSR count). The summed E-state index contributed by atoms with van der Waals surface area (Å²) in [6.45, 7) is 4.02. The quantitative estimate of drug-likeness (QED) is 0.655. The largest absolute Gasteiger partial charge is 0.347 e. The van der Waals surface area contributed by atoms with Gasteiger partial charge in [0.05, 0.1) is 6.54 Å². The molecule has 0 radical (unpaired) electrons. The predicted molar refractivity (Wildman–Crippen MR) is 104 cm³/mol. The van der Waals surface area contributed by atoms with E-state index in [1.165, 1.54) is 43.2 Å². The minimum atomic E-state index is 0.162. The molecule has 1 amide bonds. The topological polar surface area (TPSA) is 47.9 Å². The molecule has 5 heteroatoms. The van der Waals surface area contributed by atoms with Crippen molar-refractivity contribution >= 4 is 11.9 Å². The van der Waals surface area contributed by atoms with E-state index in [1.54, 1.807) is 0 Å². The van der Waals surface area contributed by atoms with Crippen LogP contribution in [0.4, 0.5) is 0 Å². The van der Waals surface area contributed by atoms with Crippen molar-refractivity contribution in [2.45, 2.75) is 45.1 Å². The van der Waals surface area contributed by atoms with E-state index in [2.05, 4.69) is 39.5 Å². The summed E-state index contributed by atoms with van der Waals surface area (Å²) >= 11 is 0. The van der Waals surface area contributed by atoms with Gasteiger partial charge in [-0.1, -0.05) is 37.1 Å². The Morgan fingerprint density at radius 1 is 1.12 bits per heavy atom. The Balaban J connectivity index is 1.31. The number of benzene rings is 1. The molecule has 0 unspecified atom stereocenters. The number of guanidine groups is 1. The summed E-state index contributed by atoms with van der Waals surface area (Å²) < 4.78 is 0. The lowest BCUT2D eigenvalue weighted by atomic mass is 9.86. The monoisotopic (exact) mass is 354 g/mol. The zero-order chi connectivity index (χ0) is 18.0. The molecular weight excluding hydrogens is 324 g/mol. The highest BCUT2D eigenvalue weighted by molar-refractivity contribution is 5.86. The van der Waals surface area contributed by atoms with Crippen molar-refractivity contribution in [3.05, 3.63) is 35.4 Å². The Morgan fingerprint density at radius 2 is 1.88 bits per heavy atom. The van der Waals surface area contributed by atoms with Gasteiger partial charge < -0.3 is 15.1 Å². The first-order valence-corrected chi connectivity index (χ1v) is 9.99. The highest BCUT2D eigenvalue weighted by Gasteiger charge is 2.41. The number of rotatable bonds is 2. The summed E-state index contributed by atoms with van der Waals surface area (Å²) in [6.07, 6.45) is 7.67. The van der Waals surface area contributed by atoms with Crippen LogP contribution in [0.15, 0.2) is 29.3 Å². The zero-order valence-corrected chi connectivity index (χ0v) is 15.8. The number of hydrogen-bond donors (Lipinski definition) is 1. The van der Waals surface area contributed by atoms with Gasteiger partial charge in [0.15, 0.2) is 5.96 Å². The summed E-state index contributed by atoms with van der Waals surface area (Å²) in [5.41, 5.74) is 3.16. The lowest BCUT2D eigenvalue weighted by molar-refractivity contribution is -0.130. The minimum absolute atomic E-state index is 0.162. The third-order valence-corrected chi connectivity index (χ3v) is 6.49. The van der Waals surface area contributed by atoms with Gasteiger partial charge in [0.1, 0.15) is 0 Å². The molecule has 1 aliphatic carbocycles. The number of nitrogens with one attached hydrogen (secondary N) is 1. The van der Waals surface area contributed by atoms with Crippen molar-refractivity contribution in [3.63, 3.8) is 0 Å². The number of carbonyl (C=O) groups excluding carboxylic acids is 1. The van der Waals surface area contributed by atoms with Crippen molar-refractivity contribution in [1.82, 2.24) is 15.1 Å². The van der Waals surface area contributed by atoms with Gasteiger partial charge in [-0.25, -0.2) is 0 Å². The number of amides is 1. The van der Waals surface area contributed by atoms with Crippen LogP contribution >= 0.6 is 0 Å². The number of aliphatic imine (C=N–C) groups is 1. The molecule has 0 atom stereocenters. The van der Waals surface area contributed by atoms with E-state index < -0.39 is 0 Å². The van der Waals surface area contributed by atoms with Crippen LogP contribution in [0.25, 0.3) is 0 Å². The highest BCUT2D eigenvalue weighted by atomic mass is 16.2. The third kappa shape index (κ3) is 3.44. The minimum Gasteiger partial charge on any atom is -0.347 e. The molecule has 2 aliphatic heterocycles. The maximum absolute atomic E-state index is 12.7. The van der Waals surface area contributed by atoms with E-state index in [1.807, 2.05) is 11.9 Å². The van der Waals surface area contributed by atoms with Crippen LogP contribution in [-0.2, 0) is 17.8 Å². The Hall–Kier alpha value is -2.04. The maximum Gasteiger partial charge on any atom is 0.242 e. The van der Waals surface area contributed by atoms with E-state index in [4.69, 9.17) is 0 Å². The first kappa shape index (κ1) is 17.4. The third-order valence-electron chi connectivity index (χ3n) is 6.49. The fourth-order valence-corrected chi connectivity index (χ4v) is 4.96. The molecule has 3 aliphatic rings. The average molecular weight is 354 g/mol. The van der Waals surface area contributed by atoms with E-state index in [0.29, 0.717) is 12.0 Å². The number of carbonyl (C=O) groups is 1.